The van der Waals surface area contributed by atoms with E-state index < -0.39 is 0 Å². The molecule has 80 valence electrons. The van der Waals surface area contributed by atoms with Crippen LogP contribution in [0, 0.1) is 0 Å². The van der Waals surface area contributed by atoms with Crippen molar-refractivity contribution in [3.63, 3.8) is 0 Å². The van der Waals surface area contributed by atoms with Gasteiger partial charge in [0.25, 0.3) is 0 Å². The molecule has 0 amide bonds. The molecule has 0 unspecified atom stereocenters. The molecule has 0 fully saturated rings. The summed E-state index contributed by atoms with van der Waals surface area (Å²) in [4.78, 5) is 8.72. The maximum absolute atomic E-state index is 4.50. The molecule has 0 saturated carbocycles. The normalized spacial score (nSPS) is 12.5. The van der Waals surface area contributed by atoms with E-state index >= 15 is 0 Å². The second kappa shape index (κ2) is 3.14. The SMILES string of the molecule is c1ccc2c(c1)Cc1cnc3ccncc3c1-2. The maximum atomic E-state index is 4.50. The molecule has 2 heterocycles. The lowest BCUT2D eigenvalue weighted by molar-refractivity contribution is 1.22. The van der Waals surface area contributed by atoms with Crippen molar-refractivity contribution >= 4 is 10.9 Å². The Bertz CT molecular complexity index is 732. The molecule has 0 bridgehead atoms. The van der Waals surface area contributed by atoms with Gasteiger partial charge in [-0.3, -0.25) is 9.97 Å². The van der Waals surface area contributed by atoms with Gasteiger partial charge in [-0.25, -0.2) is 0 Å². The Kier molecular flexibility index (Phi) is 1.64. The highest BCUT2D eigenvalue weighted by molar-refractivity contribution is 5.98. The Morgan fingerprint density at radius 1 is 0.941 bits per heavy atom. The summed E-state index contributed by atoms with van der Waals surface area (Å²) in [5.74, 6) is 0. The monoisotopic (exact) mass is 218 g/mol. The maximum Gasteiger partial charge on any atom is 0.0739 e. The third-order valence-corrected chi connectivity index (χ3v) is 3.42. The molecule has 0 saturated heterocycles. The molecule has 3 aromatic rings. The highest BCUT2D eigenvalue weighted by Gasteiger charge is 2.20. The van der Waals surface area contributed by atoms with Crippen molar-refractivity contribution in [2.45, 2.75) is 6.42 Å². The fourth-order valence-electron chi connectivity index (χ4n) is 2.65. The van der Waals surface area contributed by atoms with Crippen molar-refractivity contribution in [3.05, 3.63) is 60.0 Å². The van der Waals surface area contributed by atoms with Gasteiger partial charge in [-0.1, -0.05) is 24.3 Å². The molecule has 1 aromatic carbocycles. The molecule has 4 rings (SSSR count). The first kappa shape index (κ1) is 8.88. The number of rotatable bonds is 0. The predicted molar refractivity (Wildman–Crippen MR) is 67.8 cm³/mol. The van der Waals surface area contributed by atoms with Crippen LogP contribution in [0.2, 0.25) is 0 Å². The van der Waals surface area contributed by atoms with E-state index in [2.05, 4.69) is 34.2 Å². The number of fused-ring (bicyclic) bond motifs is 5. The van der Waals surface area contributed by atoms with E-state index in [0.717, 1.165) is 17.3 Å². The quantitative estimate of drug-likeness (QED) is 0.453. The van der Waals surface area contributed by atoms with Crippen molar-refractivity contribution in [2.75, 3.05) is 0 Å². The second-order valence-electron chi connectivity index (χ2n) is 4.39. The van der Waals surface area contributed by atoms with E-state index in [-0.39, 0.29) is 0 Å². The van der Waals surface area contributed by atoms with Crippen LogP contribution < -0.4 is 0 Å². The molecule has 0 N–H and O–H groups in total. The van der Waals surface area contributed by atoms with E-state index in [9.17, 15) is 0 Å². The van der Waals surface area contributed by atoms with E-state index in [1.807, 2.05) is 18.5 Å². The summed E-state index contributed by atoms with van der Waals surface area (Å²) >= 11 is 0. The minimum absolute atomic E-state index is 0.989. The molecule has 0 aliphatic heterocycles. The van der Waals surface area contributed by atoms with Gasteiger partial charge >= 0.3 is 0 Å². The summed E-state index contributed by atoms with van der Waals surface area (Å²) in [6.45, 7) is 0. The van der Waals surface area contributed by atoms with Gasteiger partial charge in [0.15, 0.2) is 0 Å². The van der Waals surface area contributed by atoms with Gasteiger partial charge in [0.1, 0.15) is 0 Å². The van der Waals surface area contributed by atoms with Gasteiger partial charge in [-0.05, 0) is 28.3 Å². The van der Waals surface area contributed by atoms with Crippen LogP contribution in [0.1, 0.15) is 11.1 Å². The number of nitrogens with zero attached hydrogens (tertiary/aromatic N) is 2. The fourth-order valence-corrected chi connectivity index (χ4v) is 2.65. The van der Waals surface area contributed by atoms with Crippen LogP contribution in [0.15, 0.2) is 48.9 Å². The van der Waals surface area contributed by atoms with Gasteiger partial charge in [0.2, 0.25) is 0 Å². The van der Waals surface area contributed by atoms with Crippen LogP contribution in [0.5, 0.6) is 0 Å². The lowest BCUT2D eigenvalue weighted by Crippen LogP contribution is -1.87. The van der Waals surface area contributed by atoms with E-state index in [4.69, 9.17) is 0 Å². The van der Waals surface area contributed by atoms with Crippen molar-refractivity contribution < 1.29 is 0 Å². The Morgan fingerprint density at radius 3 is 2.88 bits per heavy atom. The van der Waals surface area contributed by atoms with Gasteiger partial charge < -0.3 is 0 Å². The predicted octanol–water partition coefficient (Wildman–Crippen LogP) is 3.20. The number of pyridine rings is 2. The molecular weight excluding hydrogens is 208 g/mol. The average molecular weight is 218 g/mol. The highest BCUT2D eigenvalue weighted by atomic mass is 14.7. The number of benzene rings is 1. The summed E-state index contributed by atoms with van der Waals surface area (Å²) in [6.07, 6.45) is 6.70. The molecule has 2 aromatic heterocycles. The minimum atomic E-state index is 0.989. The van der Waals surface area contributed by atoms with E-state index in [1.165, 1.54) is 22.3 Å². The minimum Gasteiger partial charge on any atom is -0.264 e. The second-order valence-corrected chi connectivity index (χ2v) is 4.39. The molecule has 0 radical (unpaired) electrons. The van der Waals surface area contributed by atoms with Crippen LogP contribution >= 0.6 is 0 Å². The summed E-state index contributed by atoms with van der Waals surface area (Å²) in [5.41, 5.74) is 6.38. The van der Waals surface area contributed by atoms with E-state index in [0.29, 0.717) is 0 Å². The zero-order valence-electron chi connectivity index (χ0n) is 9.22. The van der Waals surface area contributed by atoms with Gasteiger partial charge in [0.05, 0.1) is 5.52 Å². The third-order valence-electron chi connectivity index (χ3n) is 3.42. The van der Waals surface area contributed by atoms with E-state index in [1.54, 1.807) is 6.20 Å². The first-order chi connectivity index (χ1) is 8.43. The standard InChI is InChI=1S/C15H10N2/c1-2-4-12-10(3-1)7-11-8-17-14-5-6-16-9-13(14)15(11)12/h1-6,8-9H,7H2. The molecule has 0 atom stereocenters. The van der Waals surface area contributed by atoms with Crippen molar-refractivity contribution in [2.24, 2.45) is 0 Å². The van der Waals surface area contributed by atoms with Crippen molar-refractivity contribution in [3.8, 4) is 11.1 Å². The average Bonchev–Trinajstić information content (AvgIpc) is 2.77. The molecule has 17 heavy (non-hydrogen) atoms. The molecule has 2 heteroatoms. The Labute approximate surface area is 99.0 Å². The number of aromatic nitrogens is 2. The smallest absolute Gasteiger partial charge is 0.0739 e. The fraction of sp³-hybridized carbons (Fsp3) is 0.0667. The van der Waals surface area contributed by atoms with Gasteiger partial charge in [-0.15, -0.1) is 0 Å². The Balaban J connectivity index is 2.17. The first-order valence-corrected chi connectivity index (χ1v) is 5.73. The van der Waals surface area contributed by atoms with Gasteiger partial charge in [0, 0.05) is 30.4 Å². The van der Waals surface area contributed by atoms with Crippen LogP contribution in [-0.4, -0.2) is 9.97 Å². The Morgan fingerprint density at radius 2 is 1.88 bits per heavy atom. The lowest BCUT2D eigenvalue weighted by atomic mass is 10.0. The van der Waals surface area contributed by atoms with Gasteiger partial charge in [-0.2, -0.15) is 0 Å². The zero-order valence-corrected chi connectivity index (χ0v) is 9.22. The lowest BCUT2D eigenvalue weighted by Gasteiger charge is -2.04. The largest absolute Gasteiger partial charge is 0.264 e. The topological polar surface area (TPSA) is 25.8 Å². The van der Waals surface area contributed by atoms with Crippen LogP contribution in [0.25, 0.3) is 22.0 Å². The summed E-state index contributed by atoms with van der Waals surface area (Å²) in [6, 6.07) is 10.5. The van der Waals surface area contributed by atoms with Crippen LogP contribution in [-0.2, 0) is 6.42 Å². The molecule has 0 spiro atoms. The number of hydrogen-bond acceptors (Lipinski definition) is 2. The Hall–Kier alpha value is -2.22. The van der Waals surface area contributed by atoms with Crippen molar-refractivity contribution in [1.82, 2.24) is 9.97 Å². The zero-order chi connectivity index (χ0) is 11.2. The summed E-state index contributed by atoms with van der Waals surface area (Å²) < 4.78 is 0. The highest BCUT2D eigenvalue weighted by Crippen LogP contribution is 2.39. The molecule has 1 aliphatic rings. The summed E-state index contributed by atoms with van der Waals surface area (Å²) in [5, 5.41) is 1.16. The van der Waals surface area contributed by atoms with Crippen molar-refractivity contribution in [1.29, 1.82) is 0 Å². The third kappa shape index (κ3) is 1.15. The van der Waals surface area contributed by atoms with Crippen LogP contribution in [0.3, 0.4) is 0 Å². The first-order valence-electron chi connectivity index (χ1n) is 5.73. The molecule has 1 aliphatic carbocycles. The molecule has 2 nitrogen and oxygen atoms in total. The summed E-state index contributed by atoms with van der Waals surface area (Å²) in [7, 11) is 0. The number of hydrogen-bond donors (Lipinski definition) is 0. The van der Waals surface area contributed by atoms with Crippen LogP contribution in [0.4, 0.5) is 0 Å². The molecular formula is C15H10N2.